The second kappa shape index (κ2) is 3.09. The molecule has 0 aliphatic rings. The lowest BCUT2D eigenvalue weighted by atomic mass is 10.0. The van der Waals surface area contributed by atoms with Crippen LogP contribution in [-0.4, -0.2) is 6.29 Å². The molecular weight excluding hydrogens is 156 g/mol. The standard InChI is InChI=1S/C9H9OS/c1-9(11,7-10)8-5-3-2-4-6-8/h2-6,11H,1H3. The summed E-state index contributed by atoms with van der Waals surface area (Å²) in [6.45, 7) is 1.72. The van der Waals surface area contributed by atoms with E-state index in [9.17, 15) is 4.79 Å². The minimum Gasteiger partial charge on any atom is -0.289 e. The van der Waals surface area contributed by atoms with Crippen molar-refractivity contribution in [2.24, 2.45) is 0 Å². The Morgan fingerprint density at radius 2 is 1.91 bits per heavy atom. The van der Waals surface area contributed by atoms with E-state index in [0.717, 1.165) is 5.56 Å². The molecule has 1 nitrogen and oxygen atoms in total. The maximum Gasteiger partial charge on any atom is 0.220 e. The van der Waals surface area contributed by atoms with Gasteiger partial charge in [0, 0.05) is 0 Å². The van der Waals surface area contributed by atoms with E-state index in [4.69, 9.17) is 0 Å². The number of benzene rings is 1. The van der Waals surface area contributed by atoms with Crippen LogP contribution in [0.1, 0.15) is 12.5 Å². The van der Waals surface area contributed by atoms with Crippen molar-refractivity contribution in [2.45, 2.75) is 11.7 Å². The van der Waals surface area contributed by atoms with Crippen LogP contribution < -0.4 is 0 Å². The fourth-order valence-corrected chi connectivity index (χ4v) is 0.971. The van der Waals surface area contributed by atoms with Crippen LogP contribution in [0.25, 0.3) is 0 Å². The molecule has 0 fully saturated rings. The number of carbonyl (C=O) groups excluding carboxylic acids is 1. The SMILES string of the molecule is CC(S)([C]=O)c1ccccc1. The zero-order valence-corrected chi connectivity index (χ0v) is 7.14. The summed E-state index contributed by atoms with van der Waals surface area (Å²) in [4.78, 5) is 10.4. The third kappa shape index (κ3) is 1.84. The van der Waals surface area contributed by atoms with Crippen molar-refractivity contribution in [1.29, 1.82) is 0 Å². The van der Waals surface area contributed by atoms with Crippen molar-refractivity contribution in [2.75, 3.05) is 0 Å². The van der Waals surface area contributed by atoms with Gasteiger partial charge in [0.2, 0.25) is 6.29 Å². The average Bonchev–Trinajstić information content (AvgIpc) is 2.06. The van der Waals surface area contributed by atoms with Crippen molar-refractivity contribution in [3.8, 4) is 0 Å². The van der Waals surface area contributed by atoms with Crippen LogP contribution in [0.15, 0.2) is 30.3 Å². The number of hydrogen-bond acceptors (Lipinski definition) is 2. The molecule has 2 heteroatoms. The van der Waals surface area contributed by atoms with Gasteiger partial charge in [-0.05, 0) is 12.5 Å². The molecule has 1 atom stereocenters. The van der Waals surface area contributed by atoms with Crippen LogP contribution in [0.5, 0.6) is 0 Å². The Hall–Kier alpha value is -0.760. The first kappa shape index (κ1) is 8.34. The highest BCUT2D eigenvalue weighted by atomic mass is 32.1. The topological polar surface area (TPSA) is 17.1 Å². The lowest BCUT2D eigenvalue weighted by Crippen LogP contribution is -2.14. The smallest absolute Gasteiger partial charge is 0.220 e. The molecule has 0 N–H and O–H groups in total. The molecule has 0 saturated heterocycles. The summed E-state index contributed by atoms with van der Waals surface area (Å²) in [6.07, 6.45) is 1.87. The first-order chi connectivity index (χ1) is 5.17. The summed E-state index contributed by atoms with van der Waals surface area (Å²) in [5.74, 6) is 0. The van der Waals surface area contributed by atoms with Crippen molar-refractivity contribution in [1.82, 2.24) is 0 Å². The van der Waals surface area contributed by atoms with Gasteiger partial charge in [0.15, 0.2) is 0 Å². The summed E-state index contributed by atoms with van der Waals surface area (Å²) in [5.41, 5.74) is 0.873. The predicted molar refractivity (Wildman–Crippen MR) is 48.5 cm³/mol. The molecule has 1 unspecified atom stereocenters. The second-order valence-corrected chi connectivity index (χ2v) is 3.43. The molecule has 0 aromatic heterocycles. The van der Waals surface area contributed by atoms with Crippen LogP contribution in [0.3, 0.4) is 0 Å². The third-order valence-corrected chi connectivity index (χ3v) is 1.88. The zero-order valence-electron chi connectivity index (χ0n) is 6.24. The van der Waals surface area contributed by atoms with Crippen LogP contribution in [0, 0.1) is 0 Å². The highest BCUT2D eigenvalue weighted by Gasteiger charge is 2.20. The molecule has 1 rings (SSSR count). The molecule has 0 saturated carbocycles. The minimum atomic E-state index is -0.777. The van der Waals surface area contributed by atoms with Gasteiger partial charge in [-0.3, -0.25) is 4.79 Å². The molecule has 1 aromatic carbocycles. The quantitative estimate of drug-likeness (QED) is 0.663. The Labute approximate surface area is 71.8 Å². The molecule has 0 spiro atoms. The minimum absolute atomic E-state index is 0.777. The molecule has 57 valence electrons. The predicted octanol–water partition coefficient (Wildman–Crippen LogP) is 1.94. The second-order valence-electron chi connectivity index (χ2n) is 2.54. The van der Waals surface area contributed by atoms with E-state index >= 15 is 0 Å². The van der Waals surface area contributed by atoms with Gasteiger partial charge in [0.1, 0.15) is 4.75 Å². The lowest BCUT2D eigenvalue weighted by Gasteiger charge is -2.14. The van der Waals surface area contributed by atoms with Crippen LogP contribution in [0.2, 0.25) is 0 Å². The van der Waals surface area contributed by atoms with Gasteiger partial charge in [-0.15, -0.1) is 0 Å². The van der Waals surface area contributed by atoms with E-state index in [-0.39, 0.29) is 0 Å². The van der Waals surface area contributed by atoms with E-state index < -0.39 is 4.75 Å². The molecule has 0 bridgehead atoms. The van der Waals surface area contributed by atoms with E-state index in [0.29, 0.717) is 0 Å². The first-order valence-corrected chi connectivity index (χ1v) is 3.79. The van der Waals surface area contributed by atoms with Gasteiger partial charge in [-0.2, -0.15) is 12.6 Å². The lowest BCUT2D eigenvalue weighted by molar-refractivity contribution is 0.541. The number of rotatable bonds is 2. The number of thiol groups is 1. The Kier molecular flexibility index (Phi) is 2.35. The molecule has 1 aromatic rings. The molecule has 0 aliphatic carbocycles. The molecule has 11 heavy (non-hydrogen) atoms. The van der Waals surface area contributed by atoms with Crippen molar-refractivity contribution in [3.05, 3.63) is 35.9 Å². The maximum atomic E-state index is 10.4. The first-order valence-electron chi connectivity index (χ1n) is 3.34. The van der Waals surface area contributed by atoms with Gasteiger partial charge in [0.25, 0.3) is 0 Å². The van der Waals surface area contributed by atoms with Crippen LogP contribution in [0.4, 0.5) is 0 Å². The largest absolute Gasteiger partial charge is 0.289 e. The monoisotopic (exact) mass is 165 g/mol. The van der Waals surface area contributed by atoms with Gasteiger partial charge in [0.05, 0.1) is 0 Å². The number of hydrogen-bond donors (Lipinski definition) is 1. The van der Waals surface area contributed by atoms with Crippen molar-refractivity contribution in [3.63, 3.8) is 0 Å². The molecule has 1 radical (unpaired) electrons. The van der Waals surface area contributed by atoms with Crippen LogP contribution >= 0.6 is 12.6 Å². The molecule has 0 amide bonds. The Morgan fingerprint density at radius 3 is 2.36 bits per heavy atom. The fraction of sp³-hybridized carbons (Fsp3) is 0.222. The van der Waals surface area contributed by atoms with Gasteiger partial charge < -0.3 is 0 Å². The summed E-state index contributed by atoms with van der Waals surface area (Å²) in [7, 11) is 0. The van der Waals surface area contributed by atoms with E-state index in [1.165, 1.54) is 0 Å². The summed E-state index contributed by atoms with van der Waals surface area (Å²) < 4.78 is -0.777. The van der Waals surface area contributed by atoms with E-state index in [2.05, 4.69) is 12.6 Å². The highest BCUT2D eigenvalue weighted by Crippen LogP contribution is 2.24. The zero-order chi connectivity index (χ0) is 8.32. The molecule has 0 heterocycles. The van der Waals surface area contributed by atoms with E-state index in [1.54, 1.807) is 6.92 Å². The summed E-state index contributed by atoms with van der Waals surface area (Å²) >= 11 is 4.15. The average molecular weight is 165 g/mol. The van der Waals surface area contributed by atoms with E-state index in [1.807, 2.05) is 36.6 Å². The van der Waals surface area contributed by atoms with Crippen molar-refractivity contribution < 1.29 is 4.79 Å². The van der Waals surface area contributed by atoms with Gasteiger partial charge in [-0.25, -0.2) is 0 Å². The highest BCUT2D eigenvalue weighted by molar-refractivity contribution is 7.82. The summed E-state index contributed by atoms with van der Waals surface area (Å²) in [5, 5.41) is 0. The van der Waals surface area contributed by atoms with Gasteiger partial charge in [-0.1, -0.05) is 30.3 Å². The maximum absolute atomic E-state index is 10.4. The molecule has 0 aliphatic heterocycles. The van der Waals surface area contributed by atoms with Gasteiger partial charge >= 0.3 is 0 Å². The third-order valence-electron chi connectivity index (χ3n) is 1.53. The van der Waals surface area contributed by atoms with Crippen LogP contribution in [-0.2, 0) is 9.54 Å². The summed E-state index contributed by atoms with van der Waals surface area (Å²) in [6, 6.07) is 9.37. The fourth-order valence-electron chi connectivity index (χ4n) is 0.822. The Morgan fingerprint density at radius 1 is 1.36 bits per heavy atom. The Bertz CT molecular complexity index is 241. The normalized spacial score (nSPS) is 15.5. The Balaban J connectivity index is 3.02. The van der Waals surface area contributed by atoms with Crippen molar-refractivity contribution >= 4 is 18.9 Å². The molecular formula is C9H9OS.